The van der Waals surface area contributed by atoms with Crippen molar-refractivity contribution in [3.63, 3.8) is 0 Å². The van der Waals surface area contributed by atoms with Crippen LogP contribution in [0.4, 0.5) is 10.1 Å². The number of nitrogen functional groups attached to an aromatic ring is 1. The Morgan fingerprint density at radius 3 is 2.68 bits per heavy atom. The highest BCUT2D eigenvalue weighted by molar-refractivity contribution is 7.22. The molecular weight excluding hydrogens is 261 g/mol. The Hall–Kier alpha value is -2.07. The van der Waals surface area contributed by atoms with E-state index < -0.39 is 0 Å². The van der Waals surface area contributed by atoms with Gasteiger partial charge in [0.05, 0.1) is 12.8 Å². The van der Waals surface area contributed by atoms with Crippen LogP contribution in [0.5, 0.6) is 5.75 Å². The highest BCUT2D eigenvalue weighted by Crippen LogP contribution is 2.37. The van der Waals surface area contributed by atoms with Crippen molar-refractivity contribution in [1.29, 1.82) is 0 Å². The second-order valence-electron chi connectivity index (χ2n) is 4.22. The van der Waals surface area contributed by atoms with Gasteiger partial charge in [-0.2, -0.15) is 0 Å². The third-order valence-electron chi connectivity index (χ3n) is 3.01. The molecule has 0 spiro atoms. The maximum absolute atomic E-state index is 14.1. The summed E-state index contributed by atoms with van der Waals surface area (Å²) in [5, 5.41) is 1.11. The first-order valence-electron chi connectivity index (χ1n) is 5.81. The van der Waals surface area contributed by atoms with Crippen molar-refractivity contribution in [1.82, 2.24) is 0 Å². The van der Waals surface area contributed by atoms with E-state index >= 15 is 0 Å². The van der Waals surface area contributed by atoms with Crippen molar-refractivity contribution in [3.05, 3.63) is 48.3 Å². The number of ether oxygens (including phenoxy) is 1. The molecule has 0 aliphatic heterocycles. The Balaban J connectivity index is 2.18. The van der Waals surface area contributed by atoms with Gasteiger partial charge in [-0.05, 0) is 23.6 Å². The van der Waals surface area contributed by atoms with Gasteiger partial charge in [-0.25, -0.2) is 4.39 Å². The number of hydrogen-bond donors (Lipinski definition) is 1. The number of hydrogen-bond acceptors (Lipinski definition) is 3. The molecule has 0 aliphatic rings. The Morgan fingerprint density at radius 1 is 1.16 bits per heavy atom. The van der Waals surface area contributed by atoms with Gasteiger partial charge in [0.15, 0.2) is 0 Å². The molecule has 0 bridgehead atoms. The molecule has 0 radical (unpaired) electrons. The van der Waals surface area contributed by atoms with E-state index in [1.165, 1.54) is 13.2 Å². The zero-order chi connectivity index (χ0) is 13.4. The Kier molecular flexibility index (Phi) is 2.87. The average molecular weight is 273 g/mol. The zero-order valence-electron chi connectivity index (χ0n) is 10.3. The van der Waals surface area contributed by atoms with Crippen LogP contribution in [0.2, 0.25) is 0 Å². The number of rotatable bonds is 2. The maximum atomic E-state index is 14.1. The molecule has 0 amide bonds. The first kappa shape index (κ1) is 12.0. The summed E-state index contributed by atoms with van der Waals surface area (Å²) in [5.74, 6) is 0.0416. The average Bonchev–Trinajstić information content (AvgIpc) is 2.84. The molecule has 0 atom stereocenters. The van der Waals surface area contributed by atoms with Gasteiger partial charge < -0.3 is 10.5 Å². The van der Waals surface area contributed by atoms with Gasteiger partial charge in [0.2, 0.25) is 0 Å². The maximum Gasteiger partial charge on any atom is 0.144 e. The Labute approximate surface area is 114 Å². The molecule has 3 aromatic rings. The first-order valence-corrected chi connectivity index (χ1v) is 6.62. The minimum absolute atomic E-state index is 0.322. The monoisotopic (exact) mass is 273 g/mol. The van der Waals surface area contributed by atoms with Crippen LogP contribution in [0.15, 0.2) is 42.5 Å². The number of benzene rings is 2. The smallest absolute Gasteiger partial charge is 0.144 e. The third-order valence-corrected chi connectivity index (χ3v) is 4.16. The summed E-state index contributed by atoms with van der Waals surface area (Å²) in [6, 6.07) is 12.9. The standard InChI is InChI=1S/C15H12FNOS/c1-18-13-8-11(16)10(7-12(13)17)15-6-9-4-2-3-5-14(9)19-15/h2-8H,17H2,1H3. The van der Waals surface area contributed by atoms with E-state index in [2.05, 4.69) is 0 Å². The van der Waals surface area contributed by atoms with Crippen LogP contribution in [0.1, 0.15) is 0 Å². The fourth-order valence-electron chi connectivity index (χ4n) is 2.05. The zero-order valence-corrected chi connectivity index (χ0v) is 11.1. The lowest BCUT2D eigenvalue weighted by atomic mass is 10.1. The van der Waals surface area contributed by atoms with Crippen LogP contribution in [0.25, 0.3) is 20.5 Å². The molecule has 96 valence electrons. The number of fused-ring (bicyclic) bond motifs is 1. The van der Waals surface area contributed by atoms with E-state index in [0.29, 0.717) is 17.0 Å². The molecular formula is C15H12FNOS. The summed E-state index contributed by atoms with van der Waals surface area (Å²) >= 11 is 1.55. The molecule has 0 saturated carbocycles. The van der Waals surface area contributed by atoms with E-state index in [4.69, 9.17) is 10.5 Å². The molecule has 1 aromatic heterocycles. The molecule has 0 unspecified atom stereocenters. The summed E-state index contributed by atoms with van der Waals surface area (Å²) in [6.45, 7) is 0. The van der Waals surface area contributed by atoms with E-state index in [-0.39, 0.29) is 5.82 Å². The minimum Gasteiger partial charge on any atom is -0.494 e. The van der Waals surface area contributed by atoms with Crippen LogP contribution in [-0.4, -0.2) is 7.11 Å². The summed E-state index contributed by atoms with van der Waals surface area (Å²) in [6.07, 6.45) is 0. The largest absolute Gasteiger partial charge is 0.494 e. The lowest BCUT2D eigenvalue weighted by Gasteiger charge is -2.07. The topological polar surface area (TPSA) is 35.2 Å². The lowest BCUT2D eigenvalue weighted by Crippen LogP contribution is -1.94. The normalized spacial score (nSPS) is 10.8. The highest BCUT2D eigenvalue weighted by Gasteiger charge is 2.12. The minimum atomic E-state index is -0.322. The van der Waals surface area contributed by atoms with Gasteiger partial charge in [0, 0.05) is 21.2 Å². The predicted octanol–water partition coefficient (Wildman–Crippen LogP) is 4.30. The predicted molar refractivity (Wildman–Crippen MR) is 78.2 cm³/mol. The van der Waals surface area contributed by atoms with Crippen molar-refractivity contribution >= 4 is 27.1 Å². The van der Waals surface area contributed by atoms with Gasteiger partial charge in [-0.1, -0.05) is 18.2 Å². The molecule has 0 saturated heterocycles. The van der Waals surface area contributed by atoms with Gasteiger partial charge in [0.25, 0.3) is 0 Å². The van der Waals surface area contributed by atoms with Gasteiger partial charge in [0.1, 0.15) is 11.6 Å². The van der Waals surface area contributed by atoms with Crippen LogP contribution in [0, 0.1) is 5.82 Å². The Bertz CT molecular complexity index is 718. The van der Waals surface area contributed by atoms with Crippen LogP contribution >= 0.6 is 11.3 Å². The van der Waals surface area contributed by atoms with E-state index in [9.17, 15) is 4.39 Å². The van der Waals surface area contributed by atoms with Crippen molar-refractivity contribution in [2.24, 2.45) is 0 Å². The van der Waals surface area contributed by atoms with Gasteiger partial charge >= 0.3 is 0 Å². The summed E-state index contributed by atoms with van der Waals surface area (Å²) in [4.78, 5) is 0.869. The first-order chi connectivity index (χ1) is 9.19. The molecule has 0 fully saturated rings. The number of thiophene rings is 1. The van der Waals surface area contributed by atoms with Crippen molar-refractivity contribution in [2.45, 2.75) is 0 Å². The third kappa shape index (κ3) is 2.04. The molecule has 3 rings (SSSR count). The van der Waals surface area contributed by atoms with Crippen LogP contribution < -0.4 is 10.5 Å². The molecule has 4 heteroatoms. The Morgan fingerprint density at radius 2 is 1.95 bits per heavy atom. The van der Waals surface area contributed by atoms with Gasteiger partial charge in [-0.15, -0.1) is 11.3 Å². The molecule has 0 aliphatic carbocycles. The number of nitrogens with two attached hydrogens (primary N) is 1. The molecule has 19 heavy (non-hydrogen) atoms. The van der Waals surface area contributed by atoms with Gasteiger partial charge in [-0.3, -0.25) is 0 Å². The lowest BCUT2D eigenvalue weighted by molar-refractivity contribution is 0.414. The number of halogens is 1. The highest BCUT2D eigenvalue weighted by atomic mass is 32.1. The molecule has 2 nitrogen and oxygen atoms in total. The second kappa shape index (κ2) is 4.55. The number of methoxy groups -OCH3 is 1. The van der Waals surface area contributed by atoms with Crippen molar-refractivity contribution in [3.8, 4) is 16.2 Å². The van der Waals surface area contributed by atoms with E-state index in [1.807, 2.05) is 30.3 Å². The van der Waals surface area contributed by atoms with Crippen LogP contribution in [0.3, 0.4) is 0 Å². The SMILES string of the molecule is COc1cc(F)c(-c2cc3ccccc3s2)cc1N. The van der Waals surface area contributed by atoms with Crippen molar-refractivity contribution < 1.29 is 9.13 Å². The second-order valence-corrected chi connectivity index (χ2v) is 5.31. The van der Waals surface area contributed by atoms with E-state index in [1.54, 1.807) is 17.4 Å². The van der Waals surface area contributed by atoms with E-state index in [0.717, 1.165) is 15.0 Å². The quantitative estimate of drug-likeness (QED) is 0.707. The molecule has 2 N–H and O–H groups in total. The summed E-state index contributed by atoms with van der Waals surface area (Å²) < 4.78 is 20.2. The summed E-state index contributed by atoms with van der Waals surface area (Å²) in [7, 11) is 1.48. The number of anilines is 1. The molecule has 1 heterocycles. The fraction of sp³-hybridized carbons (Fsp3) is 0.0667. The van der Waals surface area contributed by atoms with Crippen molar-refractivity contribution in [2.75, 3.05) is 12.8 Å². The molecule has 2 aromatic carbocycles. The van der Waals surface area contributed by atoms with Crippen LogP contribution in [-0.2, 0) is 0 Å². The summed E-state index contributed by atoms with van der Waals surface area (Å²) in [5.41, 5.74) is 6.80. The fourth-order valence-corrected chi connectivity index (χ4v) is 3.13.